The molecule has 2 aliphatic rings. The van der Waals surface area contributed by atoms with E-state index in [0.717, 1.165) is 22.3 Å². The lowest BCUT2D eigenvalue weighted by molar-refractivity contribution is 0.163. The normalized spacial score (nSPS) is 14.9. The van der Waals surface area contributed by atoms with Crippen LogP contribution in [0.4, 0.5) is 0 Å². The summed E-state index contributed by atoms with van der Waals surface area (Å²) in [6, 6.07) is 54.7. The minimum Gasteiger partial charge on any atom is -0.472 e. The largest absolute Gasteiger partial charge is 0.472 e. The maximum absolute atomic E-state index is 7.56. The number of rotatable bonds is 6. The molecule has 1 nitrogen and oxygen atoms in total. The summed E-state index contributed by atoms with van der Waals surface area (Å²) < 4.78 is 7.56. The average molecular weight is 681 g/mol. The molecular formula is C47H36OS2. The first-order valence-corrected chi connectivity index (χ1v) is 18.8. The average Bonchev–Trinajstić information content (AvgIpc) is 3.39. The number of ether oxygens (including phenoxy) is 1. The molecule has 0 saturated heterocycles. The summed E-state index contributed by atoms with van der Waals surface area (Å²) in [7, 11) is 0. The van der Waals surface area contributed by atoms with E-state index in [1.54, 1.807) is 23.5 Å². The first-order valence-electron chi connectivity index (χ1n) is 17.2. The molecule has 1 aliphatic carbocycles. The van der Waals surface area contributed by atoms with Crippen molar-refractivity contribution in [1.82, 2.24) is 0 Å². The van der Waals surface area contributed by atoms with Gasteiger partial charge in [0.25, 0.3) is 0 Å². The molecule has 9 rings (SSSR count). The van der Waals surface area contributed by atoms with Gasteiger partial charge < -0.3 is 4.74 Å². The summed E-state index contributed by atoms with van der Waals surface area (Å²) in [5.41, 5.74) is 9.08. The van der Waals surface area contributed by atoms with Gasteiger partial charge in [0.2, 0.25) is 0 Å². The van der Waals surface area contributed by atoms with Gasteiger partial charge in [-0.2, -0.15) is 0 Å². The van der Waals surface area contributed by atoms with Gasteiger partial charge in [0.15, 0.2) is 5.60 Å². The monoisotopic (exact) mass is 680 g/mol. The molecule has 1 aliphatic heterocycles. The quantitative estimate of drug-likeness (QED) is 0.173. The summed E-state index contributed by atoms with van der Waals surface area (Å²) in [6.45, 7) is 6.93. The van der Waals surface area contributed by atoms with Gasteiger partial charge in [0.1, 0.15) is 5.75 Å². The minimum atomic E-state index is -0.817. The molecule has 7 aromatic rings. The third kappa shape index (κ3) is 5.11. The Bertz CT molecular complexity index is 2320. The van der Waals surface area contributed by atoms with Crippen LogP contribution in [0.3, 0.4) is 0 Å². The Hall–Kier alpha value is -4.96. The van der Waals surface area contributed by atoms with E-state index in [1.807, 2.05) is 0 Å². The van der Waals surface area contributed by atoms with E-state index in [4.69, 9.17) is 4.74 Å². The predicted octanol–water partition coefficient (Wildman–Crippen LogP) is 13.1. The summed E-state index contributed by atoms with van der Waals surface area (Å²) in [4.78, 5) is 4.85. The van der Waals surface area contributed by atoms with Gasteiger partial charge >= 0.3 is 0 Å². The van der Waals surface area contributed by atoms with Gasteiger partial charge in [0.05, 0.1) is 0 Å². The zero-order chi connectivity index (χ0) is 33.9. The van der Waals surface area contributed by atoms with Crippen molar-refractivity contribution in [2.45, 2.75) is 51.4 Å². The fourth-order valence-corrected chi connectivity index (χ4v) is 9.49. The van der Waals surface area contributed by atoms with Gasteiger partial charge in [-0.05, 0) is 89.2 Å². The Morgan fingerprint density at radius 3 is 1.64 bits per heavy atom. The van der Waals surface area contributed by atoms with E-state index in [9.17, 15) is 0 Å². The topological polar surface area (TPSA) is 9.23 Å². The van der Waals surface area contributed by atoms with Crippen molar-refractivity contribution in [2.24, 2.45) is 0 Å². The molecule has 0 unspecified atom stereocenters. The molecule has 0 aromatic heterocycles. The van der Waals surface area contributed by atoms with Crippen molar-refractivity contribution in [3.8, 4) is 16.9 Å². The molecule has 50 heavy (non-hydrogen) atoms. The Kier molecular flexibility index (Phi) is 7.53. The van der Waals surface area contributed by atoms with E-state index in [-0.39, 0.29) is 5.41 Å². The van der Waals surface area contributed by atoms with Crippen molar-refractivity contribution < 1.29 is 4.74 Å². The summed E-state index contributed by atoms with van der Waals surface area (Å²) in [5, 5.41) is 2.39. The van der Waals surface area contributed by atoms with E-state index in [0.29, 0.717) is 0 Å². The Balaban J connectivity index is 1.21. The molecular weight excluding hydrogens is 645 g/mol. The molecule has 0 saturated carbocycles. The van der Waals surface area contributed by atoms with Crippen molar-refractivity contribution >= 4 is 40.4 Å². The fraction of sp³-hybridized carbons (Fsp3) is 0.106. The molecule has 0 amide bonds. The molecule has 7 aromatic carbocycles. The molecule has 0 spiro atoms. The van der Waals surface area contributed by atoms with Gasteiger partial charge in [-0.25, -0.2) is 0 Å². The Morgan fingerprint density at radius 1 is 0.540 bits per heavy atom. The van der Waals surface area contributed by atoms with Crippen LogP contribution in [0.2, 0.25) is 0 Å². The molecule has 1 heterocycles. The highest BCUT2D eigenvalue weighted by Crippen LogP contribution is 2.58. The summed E-state index contributed by atoms with van der Waals surface area (Å²) in [6.07, 6.45) is 4.65. The van der Waals surface area contributed by atoms with Crippen LogP contribution in [-0.4, -0.2) is 0 Å². The zero-order valence-electron chi connectivity index (χ0n) is 28.3. The van der Waals surface area contributed by atoms with Crippen LogP contribution >= 0.6 is 23.5 Å². The number of hydrogen-bond donors (Lipinski definition) is 0. The highest BCUT2D eigenvalue weighted by atomic mass is 32.2. The SMILES string of the molecule is Cc1ccc2c(c1)C(C)(C)c1c3c(c4ccccc4c1-2)OC(c1ccc(Sc2ccccc2)cc1)(c1ccc(Sc2ccccc2)cc1)C=C3. The van der Waals surface area contributed by atoms with Crippen molar-refractivity contribution in [3.63, 3.8) is 0 Å². The highest BCUT2D eigenvalue weighted by Gasteiger charge is 2.44. The fourth-order valence-electron chi connectivity index (χ4n) is 7.82. The number of hydrogen-bond acceptors (Lipinski definition) is 3. The van der Waals surface area contributed by atoms with E-state index >= 15 is 0 Å². The third-order valence-corrected chi connectivity index (χ3v) is 12.3. The van der Waals surface area contributed by atoms with Crippen molar-refractivity contribution in [2.75, 3.05) is 0 Å². The molecule has 242 valence electrons. The van der Waals surface area contributed by atoms with Crippen LogP contribution < -0.4 is 4.74 Å². The van der Waals surface area contributed by atoms with Gasteiger partial charge in [-0.15, -0.1) is 0 Å². The minimum absolute atomic E-state index is 0.175. The molecule has 0 fully saturated rings. The van der Waals surface area contributed by atoms with Gasteiger partial charge in [-0.1, -0.05) is 152 Å². The lowest BCUT2D eigenvalue weighted by Crippen LogP contribution is -2.35. The van der Waals surface area contributed by atoms with Crippen LogP contribution in [0.15, 0.2) is 177 Å². The summed E-state index contributed by atoms with van der Waals surface area (Å²) in [5.74, 6) is 0.949. The maximum Gasteiger partial charge on any atom is 0.178 e. The van der Waals surface area contributed by atoms with Gasteiger partial charge in [0, 0.05) is 47.1 Å². The van der Waals surface area contributed by atoms with Crippen LogP contribution in [0, 0.1) is 6.92 Å². The van der Waals surface area contributed by atoms with E-state index < -0.39 is 5.60 Å². The summed E-state index contributed by atoms with van der Waals surface area (Å²) >= 11 is 3.56. The van der Waals surface area contributed by atoms with E-state index in [1.165, 1.54) is 58.3 Å². The second kappa shape index (κ2) is 12.1. The molecule has 0 bridgehead atoms. The molecule has 0 N–H and O–H groups in total. The second-order valence-electron chi connectivity index (χ2n) is 13.8. The predicted molar refractivity (Wildman–Crippen MR) is 211 cm³/mol. The zero-order valence-corrected chi connectivity index (χ0v) is 29.9. The number of aryl methyl sites for hydroxylation is 1. The van der Waals surface area contributed by atoms with Gasteiger partial charge in [-0.3, -0.25) is 0 Å². The van der Waals surface area contributed by atoms with Crippen LogP contribution in [0.1, 0.15) is 47.2 Å². The van der Waals surface area contributed by atoms with Crippen LogP contribution in [0.5, 0.6) is 5.75 Å². The maximum atomic E-state index is 7.56. The lowest BCUT2D eigenvalue weighted by Gasteiger charge is -2.38. The third-order valence-electron chi connectivity index (χ3n) is 10.2. The highest BCUT2D eigenvalue weighted by molar-refractivity contribution is 7.99. The molecule has 3 heteroatoms. The van der Waals surface area contributed by atoms with Crippen LogP contribution in [0.25, 0.3) is 28.0 Å². The Labute approximate surface area is 303 Å². The standard InChI is InChI=1S/C47H36OS2/c1-31-18-27-40-42(30-31)46(2,3)44-41-28-29-47(48-45(41)39-17-11-10-16-38(39)43(40)44,32-19-23-36(24-20-32)49-34-12-6-4-7-13-34)33-21-25-37(26-22-33)50-35-14-8-5-9-15-35/h4-30H,1-3H3. The number of benzene rings is 7. The second-order valence-corrected chi connectivity index (χ2v) is 16.1. The van der Waals surface area contributed by atoms with Crippen LogP contribution in [-0.2, 0) is 11.0 Å². The first-order chi connectivity index (χ1) is 24.4. The van der Waals surface area contributed by atoms with E-state index in [2.05, 4.69) is 185 Å². The lowest BCUT2D eigenvalue weighted by atomic mass is 9.76. The van der Waals surface area contributed by atoms with Crippen molar-refractivity contribution in [1.29, 1.82) is 0 Å². The molecule has 0 radical (unpaired) electrons. The first kappa shape index (κ1) is 31.1. The molecule has 0 atom stereocenters. The smallest absolute Gasteiger partial charge is 0.178 e. The Morgan fingerprint density at radius 2 is 1.06 bits per heavy atom. The number of fused-ring (bicyclic) bond motifs is 8. The van der Waals surface area contributed by atoms with Crippen molar-refractivity contribution in [3.05, 3.63) is 191 Å².